The number of esters is 3. The zero-order valence-electron chi connectivity index (χ0n) is 41.5. The van der Waals surface area contributed by atoms with Crippen molar-refractivity contribution in [2.45, 2.75) is 239 Å². The zero-order valence-corrected chi connectivity index (χ0v) is 41.5. The SMILES string of the molecule is CC/C=C\C/C=C\C/C=C\C/C=C\C/C=C\C/C=C\CCC(=O)OC[C@@H](COC(=O)CCCCCCCCCCCCCC)OC(=O)CCCCCCC/C=C\C/C=C\CCCCC. The summed E-state index contributed by atoms with van der Waals surface area (Å²) in [6.07, 6.45) is 68.3. The van der Waals surface area contributed by atoms with Crippen LogP contribution in [0.5, 0.6) is 0 Å². The summed E-state index contributed by atoms with van der Waals surface area (Å²) in [5, 5.41) is 0. The maximum absolute atomic E-state index is 12.8. The Kier molecular flexibility index (Phi) is 49.0. The van der Waals surface area contributed by atoms with Gasteiger partial charge in [-0.15, -0.1) is 0 Å². The number of ether oxygens (including phenoxy) is 3. The molecular weight excluding hydrogens is 793 g/mol. The maximum atomic E-state index is 12.8. The van der Waals surface area contributed by atoms with Gasteiger partial charge in [0.15, 0.2) is 6.10 Å². The van der Waals surface area contributed by atoms with Gasteiger partial charge in [-0.3, -0.25) is 14.4 Å². The molecular formula is C58H96O6. The normalized spacial score (nSPS) is 12.9. The first-order valence-electron chi connectivity index (χ1n) is 26.2. The highest BCUT2D eigenvalue weighted by atomic mass is 16.6. The molecule has 0 bridgehead atoms. The van der Waals surface area contributed by atoms with E-state index in [4.69, 9.17) is 14.2 Å². The molecule has 0 unspecified atom stereocenters. The molecule has 0 heterocycles. The van der Waals surface area contributed by atoms with Crippen LogP contribution in [0.25, 0.3) is 0 Å². The molecule has 0 amide bonds. The Bertz CT molecular complexity index is 1300. The van der Waals surface area contributed by atoms with Crippen molar-refractivity contribution in [1.82, 2.24) is 0 Å². The van der Waals surface area contributed by atoms with E-state index in [1.165, 1.54) is 83.5 Å². The van der Waals surface area contributed by atoms with Crippen molar-refractivity contribution < 1.29 is 28.6 Å². The molecule has 0 rings (SSSR count). The molecule has 0 aromatic heterocycles. The Morgan fingerprint density at radius 3 is 1.08 bits per heavy atom. The van der Waals surface area contributed by atoms with Gasteiger partial charge in [0.05, 0.1) is 0 Å². The van der Waals surface area contributed by atoms with Crippen LogP contribution in [0.3, 0.4) is 0 Å². The van der Waals surface area contributed by atoms with E-state index in [1.54, 1.807) is 0 Å². The predicted molar refractivity (Wildman–Crippen MR) is 274 cm³/mol. The highest BCUT2D eigenvalue weighted by Crippen LogP contribution is 2.14. The van der Waals surface area contributed by atoms with Gasteiger partial charge in [-0.25, -0.2) is 0 Å². The van der Waals surface area contributed by atoms with Gasteiger partial charge in [0.1, 0.15) is 13.2 Å². The third-order valence-corrected chi connectivity index (χ3v) is 10.8. The molecule has 0 radical (unpaired) electrons. The average molecular weight is 889 g/mol. The Hall–Kier alpha value is -3.67. The fraction of sp³-hybridized carbons (Fsp3) is 0.672. The van der Waals surface area contributed by atoms with E-state index in [0.29, 0.717) is 19.3 Å². The van der Waals surface area contributed by atoms with Crippen molar-refractivity contribution >= 4 is 17.9 Å². The number of rotatable bonds is 46. The number of hydrogen-bond acceptors (Lipinski definition) is 6. The van der Waals surface area contributed by atoms with Gasteiger partial charge in [-0.05, 0) is 89.9 Å². The Labute approximate surface area is 394 Å². The molecule has 0 aliphatic rings. The number of allylic oxidation sites excluding steroid dienone is 16. The van der Waals surface area contributed by atoms with Crippen LogP contribution in [0.15, 0.2) is 97.2 Å². The van der Waals surface area contributed by atoms with Gasteiger partial charge >= 0.3 is 17.9 Å². The first-order chi connectivity index (χ1) is 31.5. The minimum atomic E-state index is -0.814. The highest BCUT2D eigenvalue weighted by Gasteiger charge is 2.19. The molecule has 0 fully saturated rings. The van der Waals surface area contributed by atoms with Crippen molar-refractivity contribution in [2.75, 3.05) is 13.2 Å². The number of carbonyl (C=O) groups excluding carboxylic acids is 3. The lowest BCUT2D eigenvalue weighted by molar-refractivity contribution is -0.166. The van der Waals surface area contributed by atoms with Crippen LogP contribution in [-0.2, 0) is 28.6 Å². The van der Waals surface area contributed by atoms with E-state index in [0.717, 1.165) is 103 Å². The summed E-state index contributed by atoms with van der Waals surface area (Å²) >= 11 is 0. The van der Waals surface area contributed by atoms with E-state index in [2.05, 4.69) is 112 Å². The standard InChI is InChI=1S/C58H96O6/c1-4-7-10-13-16-19-22-25-27-28-29-30-32-33-36-39-42-45-48-51-57(60)63-54-55(53-62-56(59)50-47-44-41-38-35-24-21-18-15-12-9-6-3)64-58(61)52-49-46-43-40-37-34-31-26-23-20-17-14-11-8-5-2/h7,10,16-17,19-20,25-27,29-31,33,36,42,45,55H,4-6,8-9,11-15,18,21-24,28,32,34-35,37-41,43-44,46-54H2,1-3H3/b10-7-,19-16-,20-17-,27-25-,30-29-,31-26-,36-33-,45-42-/t55-/m1/s1. The molecule has 1 atom stereocenters. The first-order valence-corrected chi connectivity index (χ1v) is 26.2. The van der Waals surface area contributed by atoms with E-state index < -0.39 is 6.10 Å². The smallest absolute Gasteiger partial charge is 0.306 e. The summed E-state index contributed by atoms with van der Waals surface area (Å²) in [6.45, 7) is 6.41. The average Bonchev–Trinajstić information content (AvgIpc) is 3.29. The van der Waals surface area contributed by atoms with Gasteiger partial charge in [-0.1, -0.05) is 221 Å². The summed E-state index contributed by atoms with van der Waals surface area (Å²) in [4.78, 5) is 38.0. The second kappa shape index (κ2) is 52.0. The first kappa shape index (κ1) is 60.3. The van der Waals surface area contributed by atoms with Gasteiger partial charge in [0, 0.05) is 19.3 Å². The minimum Gasteiger partial charge on any atom is -0.462 e. The maximum Gasteiger partial charge on any atom is 0.306 e. The molecule has 64 heavy (non-hydrogen) atoms. The molecule has 0 aromatic carbocycles. The van der Waals surface area contributed by atoms with E-state index >= 15 is 0 Å². The van der Waals surface area contributed by atoms with Crippen LogP contribution in [-0.4, -0.2) is 37.2 Å². The third kappa shape index (κ3) is 49.3. The largest absolute Gasteiger partial charge is 0.462 e. The molecule has 0 saturated carbocycles. The lowest BCUT2D eigenvalue weighted by Crippen LogP contribution is -2.30. The van der Waals surface area contributed by atoms with E-state index in [9.17, 15) is 14.4 Å². The lowest BCUT2D eigenvalue weighted by Gasteiger charge is -2.18. The molecule has 364 valence electrons. The van der Waals surface area contributed by atoms with Crippen LogP contribution in [0.1, 0.15) is 233 Å². The fourth-order valence-corrected chi connectivity index (χ4v) is 6.91. The minimum absolute atomic E-state index is 0.106. The van der Waals surface area contributed by atoms with E-state index in [-0.39, 0.29) is 37.5 Å². The summed E-state index contributed by atoms with van der Waals surface area (Å²) in [5.41, 5.74) is 0. The predicted octanol–water partition coefficient (Wildman–Crippen LogP) is 17.4. The molecule has 0 aromatic rings. The molecule has 0 aliphatic heterocycles. The Balaban J connectivity index is 4.52. The summed E-state index contributed by atoms with van der Waals surface area (Å²) < 4.78 is 16.7. The van der Waals surface area contributed by atoms with Crippen molar-refractivity contribution in [1.29, 1.82) is 0 Å². The molecule has 6 heteroatoms. The summed E-state index contributed by atoms with van der Waals surface area (Å²) in [6, 6.07) is 0. The molecule has 0 N–H and O–H groups in total. The van der Waals surface area contributed by atoms with Gasteiger partial charge < -0.3 is 14.2 Å². The van der Waals surface area contributed by atoms with Gasteiger partial charge in [0.2, 0.25) is 0 Å². The number of unbranched alkanes of at least 4 members (excludes halogenated alkanes) is 19. The number of carbonyl (C=O) groups is 3. The molecule has 0 spiro atoms. The summed E-state index contributed by atoms with van der Waals surface area (Å²) in [5.74, 6) is -1.01. The van der Waals surface area contributed by atoms with Crippen LogP contribution >= 0.6 is 0 Å². The van der Waals surface area contributed by atoms with Crippen molar-refractivity contribution in [3.05, 3.63) is 97.2 Å². The quantitative estimate of drug-likeness (QED) is 0.0262. The second-order valence-corrected chi connectivity index (χ2v) is 17.1. The summed E-state index contributed by atoms with van der Waals surface area (Å²) in [7, 11) is 0. The Morgan fingerprint density at radius 2 is 0.641 bits per heavy atom. The zero-order chi connectivity index (χ0) is 46.5. The second-order valence-electron chi connectivity index (χ2n) is 17.1. The molecule has 0 saturated heterocycles. The Morgan fingerprint density at radius 1 is 0.328 bits per heavy atom. The third-order valence-electron chi connectivity index (χ3n) is 10.8. The lowest BCUT2D eigenvalue weighted by atomic mass is 10.0. The van der Waals surface area contributed by atoms with Crippen LogP contribution < -0.4 is 0 Å². The van der Waals surface area contributed by atoms with Crippen LogP contribution in [0.4, 0.5) is 0 Å². The number of hydrogen-bond donors (Lipinski definition) is 0. The van der Waals surface area contributed by atoms with E-state index in [1.807, 2.05) is 6.08 Å². The molecule has 0 aliphatic carbocycles. The highest BCUT2D eigenvalue weighted by molar-refractivity contribution is 5.71. The molecule has 6 nitrogen and oxygen atoms in total. The monoisotopic (exact) mass is 889 g/mol. The van der Waals surface area contributed by atoms with Crippen LogP contribution in [0, 0.1) is 0 Å². The van der Waals surface area contributed by atoms with Crippen molar-refractivity contribution in [3.8, 4) is 0 Å². The van der Waals surface area contributed by atoms with Crippen molar-refractivity contribution in [2.24, 2.45) is 0 Å². The van der Waals surface area contributed by atoms with Gasteiger partial charge in [-0.2, -0.15) is 0 Å². The fourth-order valence-electron chi connectivity index (χ4n) is 6.91. The van der Waals surface area contributed by atoms with Crippen LogP contribution in [0.2, 0.25) is 0 Å². The topological polar surface area (TPSA) is 78.9 Å². The van der Waals surface area contributed by atoms with Gasteiger partial charge in [0.25, 0.3) is 0 Å². The van der Waals surface area contributed by atoms with Crippen molar-refractivity contribution in [3.63, 3.8) is 0 Å².